The summed E-state index contributed by atoms with van der Waals surface area (Å²) in [6, 6.07) is 8.46. The molecule has 1 aromatic heterocycles. The van der Waals surface area contributed by atoms with Crippen LogP contribution in [0.4, 0.5) is 0 Å². The quantitative estimate of drug-likeness (QED) is 0.707. The van der Waals surface area contributed by atoms with Gasteiger partial charge in [-0.15, -0.1) is 0 Å². The van der Waals surface area contributed by atoms with Crippen LogP contribution < -0.4 is 5.73 Å². The van der Waals surface area contributed by atoms with E-state index in [1.807, 2.05) is 6.20 Å². The van der Waals surface area contributed by atoms with Crippen LogP contribution >= 0.6 is 0 Å². The smallest absolute Gasteiger partial charge is 0.124 e. The zero-order chi connectivity index (χ0) is 13.1. The molecular weight excluding hydrogens is 234 g/mol. The van der Waals surface area contributed by atoms with Crippen molar-refractivity contribution in [2.75, 3.05) is 0 Å². The first kappa shape index (κ1) is 12.2. The fourth-order valence-corrected chi connectivity index (χ4v) is 2.54. The normalized spacial score (nSPS) is 19.3. The van der Waals surface area contributed by atoms with E-state index in [1.54, 1.807) is 0 Å². The van der Waals surface area contributed by atoms with Gasteiger partial charge in [0.05, 0.1) is 11.7 Å². The second kappa shape index (κ2) is 5.41. The lowest BCUT2D eigenvalue weighted by Gasteiger charge is -2.08. The Bertz CT molecular complexity index is 583. The fourth-order valence-electron chi connectivity index (χ4n) is 2.54. The molecule has 0 saturated carbocycles. The first-order valence-electron chi connectivity index (χ1n) is 6.89. The molecule has 0 saturated heterocycles. The van der Waals surface area contributed by atoms with Gasteiger partial charge in [0.15, 0.2) is 0 Å². The highest BCUT2D eigenvalue weighted by Gasteiger charge is 2.12. The molecule has 2 aromatic rings. The molecule has 1 atom stereocenters. The Hall–Kier alpha value is -1.87. The molecule has 0 amide bonds. The number of hydrogen-bond acceptors (Lipinski definition) is 2. The highest BCUT2D eigenvalue weighted by atomic mass is 15.0. The summed E-state index contributed by atoms with van der Waals surface area (Å²) in [5.74, 6) is 0.870. The van der Waals surface area contributed by atoms with Crippen molar-refractivity contribution in [1.29, 1.82) is 0 Å². The summed E-state index contributed by atoms with van der Waals surface area (Å²) >= 11 is 0. The van der Waals surface area contributed by atoms with Crippen molar-refractivity contribution in [2.45, 2.75) is 31.7 Å². The second-order valence-corrected chi connectivity index (χ2v) is 5.03. The Morgan fingerprint density at radius 2 is 2.11 bits per heavy atom. The van der Waals surface area contributed by atoms with Crippen molar-refractivity contribution < 1.29 is 0 Å². The molecule has 3 nitrogen and oxygen atoms in total. The zero-order valence-electron chi connectivity index (χ0n) is 11.0. The van der Waals surface area contributed by atoms with Gasteiger partial charge in [-0.1, -0.05) is 36.4 Å². The number of H-pyrrole nitrogens is 1. The number of aromatic nitrogens is 2. The molecule has 3 heteroatoms. The number of nitrogens with zero attached hydrogens (tertiary/aromatic N) is 1. The Morgan fingerprint density at radius 3 is 3.05 bits per heavy atom. The number of imidazole rings is 1. The monoisotopic (exact) mass is 253 g/mol. The SMILES string of the molecule is NC1CC=CCCCc2ccccc2-c2c[nH]c1n2. The van der Waals surface area contributed by atoms with E-state index in [2.05, 4.69) is 46.4 Å². The van der Waals surface area contributed by atoms with Gasteiger partial charge in [0, 0.05) is 11.8 Å². The molecule has 1 aliphatic rings. The number of rotatable bonds is 0. The van der Waals surface area contributed by atoms with Crippen molar-refractivity contribution in [2.24, 2.45) is 5.73 Å². The maximum Gasteiger partial charge on any atom is 0.124 e. The topological polar surface area (TPSA) is 54.7 Å². The van der Waals surface area contributed by atoms with Crippen LogP contribution in [0.1, 0.15) is 36.7 Å². The molecule has 1 aromatic carbocycles. The summed E-state index contributed by atoms with van der Waals surface area (Å²) in [5.41, 5.74) is 9.73. The zero-order valence-corrected chi connectivity index (χ0v) is 11.0. The standard InChI is InChI=1S/C16H19N3/c17-14-10-4-2-1-3-7-12-8-5-6-9-13(12)15-11-18-16(14)19-15/h2,4-6,8-9,11,14H,1,3,7,10,17H2,(H,18,19). The van der Waals surface area contributed by atoms with E-state index in [0.717, 1.165) is 30.8 Å². The molecule has 0 spiro atoms. The minimum absolute atomic E-state index is 0.0448. The van der Waals surface area contributed by atoms with Crippen LogP contribution in [0, 0.1) is 0 Å². The number of benzene rings is 1. The minimum Gasteiger partial charge on any atom is -0.347 e. The summed E-state index contributed by atoms with van der Waals surface area (Å²) < 4.78 is 0. The molecular formula is C16H19N3. The van der Waals surface area contributed by atoms with Crippen LogP contribution in [0.25, 0.3) is 11.3 Å². The number of fused-ring (bicyclic) bond motifs is 4. The van der Waals surface area contributed by atoms with E-state index in [-0.39, 0.29) is 6.04 Å². The molecule has 0 aliphatic carbocycles. The van der Waals surface area contributed by atoms with Gasteiger partial charge in [-0.25, -0.2) is 4.98 Å². The highest BCUT2D eigenvalue weighted by molar-refractivity contribution is 5.63. The van der Waals surface area contributed by atoms with Crippen LogP contribution in [0.15, 0.2) is 42.6 Å². The fraction of sp³-hybridized carbons (Fsp3) is 0.312. The molecule has 2 heterocycles. The molecule has 19 heavy (non-hydrogen) atoms. The van der Waals surface area contributed by atoms with Crippen LogP contribution in [-0.4, -0.2) is 9.97 Å². The molecule has 98 valence electrons. The van der Waals surface area contributed by atoms with Crippen molar-refractivity contribution in [1.82, 2.24) is 9.97 Å². The minimum atomic E-state index is -0.0448. The van der Waals surface area contributed by atoms with Gasteiger partial charge >= 0.3 is 0 Å². The van der Waals surface area contributed by atoms with Crippen LogP contribution in [0.3, 0.4) is 0 Å². The number of aromatic amines is 1. The van der Waals surface area contributed by atoms with Gasteiger partial charge < -0.3 is 10.7 Å². The Morgan fingerprint density at radius 1 is 1.21 bits per heavy atom. The number of nitrogens with one attached hydrogen (secondary N) is 1. The third kappa shape index (κ3) is 2.61. The summed E-state index contributed by atoms with van der Waals surface area (Å²) in [5, 5.41) is 0. The second-order valence-electron chi connectivity index (χ2n) is 5.03. The largest absolute Gasteiger partial charge is 0.347 e. The van der Waals surface area contributed by atoms with E-state index in [1.165, 1.54) is 17.5 Å². The molecule has 1 aliphatic heterocycles. The predicted octanol–water partition coefficient (Wildman–Crippen LogP) is 3.36. The average Bonchev–Trinajstić information content (AvgIpc) is 2.91. The lowest BCUT2D eigenvalue weighted by molar-refractivity contribution is 0.690. The van der Waals surface area contributed by atoms with Gasteiger partial charge in [-0.3, -0.25) is 0 Å². The summed E-state index contributed by atoms with van der Waals surface area (Å²) in [6.07, 6.45) is 10.6. The molecule has 2 bridgehead atoms. The summed E-state index contributed by atoms with van der Waals surface area (Å²) in [4.78, 5) is 7.87. The summed E-state index contributed by atoms with van der Waals surface area (Å²) in [6.45, 7) is 0. The van der Waals surface area contributed by atoms with Gasteiger partial charge in [0.1, 0.15) is 5.82 Å². The van der Waals surface area contributed by atoms with E-state index < -0.39 is 0 Å². The van der Waals surface area contributed by atoms with E-state index in [9.17, 15) is 0 Å². The molecule has 0 fully saturated rings. The number of nitrogens with two attached hydrogens (primary N) is 1. The maximum atomic E-state index is 6.14. The van der Waals surface area contributed by atoms with Crippen molar-refractivity contribution >= 4 is 0 Å². The van der Waals surface area contributed by atoms with Gasteiger partial charge in [-0.05, 0) is 31.2 Å². The first-order valence-corrected chi connectivity index (χ1v) is 6.89. The van der Waals surface area contributed by atoms with Crippen LogP contribution in [0.2, 0.25) is 0 Å². The lowest BCUT2D eigenvalue weighted by atomic mass is 9.99. The molecule has 1 unspecified atom stereocenters. The van der Waals surface area contributed by atoms with E-state index >= 15 is 0 Å². The highest BCUT2D eigenvalue weighted by Crippen LogP contribution is 2.25. The average molecular weight is 253 g/mol. The van der Waals surface area contributed by atoms with Crippen LogP contribution in [0.5, 0.6) is 0 Å². The predicted molar refractivity (Wildman–Crippen MR) is 77.6 cm³/mol. The molecule has 3 rings (SSSR count). The Kier molecular flexibility index (Phi) is 3.47. The Labute approximate surface area is 113 Å². The first-order chi connectivity index (χ1) is 9.34. The van der Waals surface area contributed by atoms with Crippen molar-refractivity contribution in [3.63, 3.8) is 0 Å². The van der Waals surface area contributed by atoms with Gasteiger partial charge in [0.25, 0.3) is 0 Å². The van der Waals surface area contributed by atoms with Gasteiger partial charge in [-0.2, -0.15) is 0 Å². The van der Waals surface area contributed by atoms with E-state index in [0.29, 0.717) is 0 Å². The van der Waals surface area contributed by atoms with Crippen molar-refractivity contribution in [3.05, 3.63) is 54.0 Å². The Balaban J connectivity index is 2.04. The maximum absolute atomic E-state index is 6.14. The summed E-state index contributed by atoms with van der Waals surface area (Å²) in [7, 11) is 0. The van der Waals surface area contributed by atoms with E-state index in [4.69, 9.17) is 5.73 Å². The van der Waals surface area contributed by atoms with Gasteiger partial charge in [0.2, 0.25) is 0 Å². The number of hydrogen-bond donors (Lipinski definition) is 2. The third-order valence-corrected chi connectivity index (χ3v) is 3.62. The van der Waals surface area contributed by atoms with Crippen LogP contribution in [-0.2, 0) is 6.42 Å². The molecule has 3 N–H and O–H groups in total. The third-order valence-electron chi connectivity index (χ3n) is 3.62. The van der Waals surface area contributed by atoms with Crippen molar-refractivity contribution in [3.8, 4) is 11.3 Å². The lowest BCUT2D eigenvalue weighted by Crippen LogP contribution is -2.11. The number of allylic oxidation sites excluding steroid dienone is 1. The molecule has 0 radical (unpaired) electrons. The number of aryl methyl sites for hydroxylation is 1.